The van der Waals surface area contributed by atoms with Crippen LogP contribution in [0.25, 0.3) is 0 Å². The summed E-state index contributed by atoms with van der Waals surface area (Å²) >= 11 is 0. The summed E-state index contributed by atoms with van der Waals surface area (Å²) in [6.07, 6.45) is 3.67. The lowest BCUT2D eigenvalue weighted by molar-refractivity contribution is -0.137. The lowest BCUT2D eigenvalue weighted by atomic mass is 10.5. The predicted octanol–water partition coefficient (Wildman–Crippen LogP) is 2.11. The second-order valence-corrected chi connectivity index (χ2v) is 7.76. The van der Waals surface area contributed by atoms with E-state index >= 15 is 0 Å². The van der Waals surface area contributed by atoms with Gasteiger partial charge in [-0.15, -0.1) is 13.2 Å². The van der Waals surface area contributed by atoms with Gasteiger partial charge in [-0.25, -0.2) is 10.0 Å². The zero-order valence-electron chi connectivity index (χ0n) is 9.93. The van der Waals surface area contributed by atoms with Crippen LogP contribution < -0.4 is 0 Å². The number of carbonyl (C=O) groups is 2. The molecule has 0 aromatic carbocycles. The van der Waals surface area contributed by atoms with E-state index in [1.807, 2.05) is 0 Å². The lowest BCUT2D eigenvalue weighted by Crippen LogP contribution is -2.19. The predicted molar refractivity (Wildman–Crippen MR) is 72.0 cm³/mol. The molecule has 0 aliphatic rings. The van der Waals surface area contributed by atoms with E-state index in [1.54, 1.807) is 12.2 Å². The molecule has 0 fully saturated rings. The third-order valence-electron chi connectivity index (χ3n) is 2.44. The Morgan fingerprint density at radius 2 is 1.29 bits per heavy atom. The second-order valence-electron chi connectivity index (χ2n) is 3.83. The molecule has 2 N–H and O–H groups in total. The fourth-order valence-electron chi connectivity index (χ4n) is 1.61. The van der Waals surface area contributed by atoms with Crippen molar-refractivity contribution in [3.8, 4) is 0 Å². The van der Waals surface area contributed by atoms with E-state index in [2.05, 4.69) is 13.2 Å². The molecule has 0 saturated heterocycles. The Labute approximate surface area is 103 Å². The van der Waals surface area contributed by atoms with Crippen molar-refractivity contribution in [3.63, 3.8) is 0 Å². The molecule has 0 aromatic rings. The Hall–Kier alpha value is -1.23. The first-order chi connectivity index (χ1) is 7.95. The zero-order valence-corrected chi connectivity index (χ0v) is 10.7. The van der Waals surface area contributed by atoms with E-state index in [4.69, 9.17) is 10.2 Å². The molecule has 0 rings (SSSR count). The Kier molecular flexibility index (Phi) is 7.37. The monoisotopic (exact) mass is 260 g/mol. The third-order valence-corrected chi connectivity index (χ3v) is 6.47. The summed E-state index contributed by atoms with van der Waals surface area (Å²) in [6, 6.07) is 0. The molecular weight excluding hydrogens is 240 g/mol. The average Bonchev–Trinajstić information content (AvgIpc) is 2.24. The quantitative estimate of drug-likeness (QED) is 0.590. The number of carboxylic acid groups (broad SMARTS) is 2. The van der Waals surface area contributed by atoms with E-state index in [-0.39, 0.29) is 12.8 Å². The molecule has 98 valence electrons. The number of rotatable bonds is 10. The largest absolute Gasteiger partial charge is 0.481 e. The molecule has 0 heterocycles. The molecule has 0 amide bonds. The Balaban J connectivity index is 4.68. The normalized spacial score (nSPS) is 11.8. The Morgan fingerprint density at radius 3 is 1.53 bits per heavy atom. The fraction of sp³-hybridized carbons (Fsp3) is 0.500. The van der Waals surface area contributed by atoms with Gasteiger partial charge in [0.1, 0.15) is 0 Å². The van der Waals surface area contributed by atoms with Crippen molar-refractivity contribution in [2.75, 3.05) is 23.0 Å². The molecular formula is C12H20O4S. The first-order valence-electron chi connectivity index (χ1n) is 5.35. The van der Waals surface area contributed by atoms with Gasteiger partial charge in [-0.3, -0.25) is 9.59 Å². The molecule has 0 atom stereocenters. The van der Waals surface area contributed by atoms with Crippen LogP contribution in [0.15, 0.2) is 25.3 Å². The van der Waals surface area contributed by atoms with Crippen molar-refractivity contribution in [1.29, 1.82) is 0 Å². The third kappa shape index (κ3) is 6.84. The number of hydrogen-bond donors (Lipinski definition) is 2. The fourth-order valence-corrected chi connectivity index (χ4v) is 4.83. The van der Waals surface area contributed by atoms with Crippen molar-refractivity contribution in [1.82, 2.24) is 0 Å². The summed E-state index contributed by atoms with van der Waals surface area (Å²) < 4.78 is 0. The van der Waals surface area contributed by atoms with Gasteiger partial charge >= 0.3 is 11.9 Å². The summed E-state index contributed by atoms with van der Waals surface area (Å²) in [6.45, 7) is 7.35. The molecule has 0 radical (unpaired) electrons. The van der Waals surface area contributed by atoms with E-state index in [0.717, 1.165) is 0 Å². The molecule has 4 nitrogen and oxygen atoms in total. The summed E-state index contributed by atoms with van der Waals surface area (Å²) in [7, 11) is -1.28. The second kappa shape index (κ2) is 7.95. The van der Waals surface area contributed by atoms with Crippen LogP contribution in [-0.4, -0.2) is 45.2 Å². The van der Waals surface area contributed by atoms with Gasteiger partial charge in [0.2, 0.25) is 0 Å². The van der Waals surface area contributed by atoms with Crippen molar-refractivity contribution in [3.05, 3.63) is 25.3 Å². The van der Waals surface area contributed by atoms with Gasteiger partial charge in [0.25, 0.3) is 0 Å². The van der Waals surface area contributed by atoms with Crippen LogP contribution in [0.3, 0.4) is 0 Å². The van der Waals surface area contributed by atoms with Crippen molar-refractivity contribution in [2.24, 2.45) is 0 Å². The molecule has 0 bridgehead atoms. The minimum Gasteiger partial charge on any atom is -0.481 e. The molecule has 17 heavy (non-hydrogen) atoms. The van der Waals surface area contributed by atoms with Crippen molar-refractivity contribution < 1.29 is 19.8 Å². The molecule has 0 saturated carbocycles. The lowest BCUT2D eigenvalue weighted by Gasteiger charge is -2.38. The highest BCUT2D eigenvalue weighted by atomic mass is 32.3. The first-order valence-corrected chi connectivity index (χ1v) is 7.66. The highest BCUT2D eigenvalue weighted by Gasteiger charge is 2.23. The summed E-state index contributed by atoms with van der Waals surface area (Å²) in [4.78, 5) is 21.3. The van der Waals surface area contributed by atoms with E-state index in [9.17, 15) is 9.59 Å². The van der Waals surface area contributed by atoms with Gasteiger partial charge in [-0.2, -0.15) is 0 Å². The molecule has 0 spiro atoms. The van der Waals surface area contributed by atoms with Crippen LogP contribution in [0.4, 0.5) is 0 Å². The van der Waals surface area contributed by atoms with E-state index in [0.29, 0.717) is 23.0 Å². The van der Waals surface area contributed by atoms with Gasteiger partial charge < -0.3 is 10.2 Å². The topological polar surface area (TPSA) is 74.6 Å². The standard InChI is InChI=1S/C12H20O4S/c1-3-7-17(8-4-2,9-5-11(13)14)10-6-12(15)16/h3-4H,1-2,5-10H2,(H,13,14)(H,15,16). The Bertz CT molecular complexity index is 269. The summed E-state index contributed by atoms with van der Waals surface area (Å²) in [5.74, 6) is 0.774. The maximum atomic E-state index is 10.6. The van der Waals surface area contributed by atoms with Crippen molar-refractivity contribution >= 4 is 22.0 Å². The molecule has 5 heteroatoms. The average molecular weight is 260 g/mol. The van der Waals surface area contributed by atoms with Crippen LogP contribution in [0.5, 0.6) is 0 Å². The number of aliphatic carboxylic acids is 2. The van der Waals surface area contributed by atoms with Gasteiger partial charge in [0.15, 0.2) is 0 Å². The van der Waals surface area contributed by atoms with Gasteiger partial charge in [0, 0.05) is 0 Å². The molecule has 0 aliphatic heterocycles. The molecule has 0 aliphatic carbocycles. The van der Waals surface area contributed by atoms with Gasteiger partial charge in [-0.05, 0) is 23.0 Å². The van der Waals surface area contributed by atoms with Crippen LogP contribution in [0, 0.1) is 0 Å². The highest BCUT2D eigenvalue weighted by molar-refractivity contribution is 8.33. The van der Waals surface area contributed by atoms with Crippen LogP contribution in [0.2, 0.25) is 0 Å². The van der Waals surface area contributed by atoms with Gasteiger partial charge in [0.05, 0.1) is 12.8 Å². The Morgan fingerprint density at radius 1 is 0.941 bits per heavy atom. The van der Waals surface area contributed by atoms with Crippen LogP contribution >= 0.6 is 10.0 Å². The summed E-state index contributed by atoms with van der Waals surface area (Å²) in [5.41, 5.74) is 0. The van der Waals surface area contributed by atoms with Crippen LogP contribution in [-0.2, 0) is 9.59 Å². The maximum absolute atomic E-state index is 10.6. The minimum absolute atomic E-state index is 0.0800. The van der Waals surface area contributed by atoms with E-state index in [1.165, 1.54) is 0 Å². The SMILES string of the molecule is C=CCS(CC=C)(CCC(=O)O)CCC(=O)O. The smallest absolute Gasteiger partial charge is 0.304 e. The first kappa shape index (κ1) is 15.8. The highest BCUT2D eigenvalue weighted by Crippen LogP contribution is 2.49. The molecule has 0 aromatic heterocycles. The minimum atomic E-state index is -1.28. The zero-order chi connectivity index (χ0) is 13.3. The maximum Gasteiger partial charge on any atom is 0.304 e. The van der Waals surface area contributed by atoms with Crippen LogP contribution in [0.1, 0.15) is 12.8 Å². The number of hydrogen-bond acceptors (Lipinski definition) is 2. The van der Waals surface area contributed by atoms with E-state index < -0.39 is 22.0 Å². The summed E-state index contributed by atoms with van der Waals surface area (Å²) in [5, 5.41) is 17.5. The van der Waals surface area contributed by atoms with Crippen molar-refractivity contribution in [2.45, 2.75) is 12.8 Å². The molecule has 0 unspecified atom stereocenters. The number of carboxylic acids is 2. The van der Waals surface area contributed by atoms with Gasteiger partial charge in [-0.1, -0.05) is 12.2 Å².